The summed E-state index contributed by atoms with van der Waals surface area (Å²) in [6, 6.07) is 16.9. The molecule has 3 nitrogen and oxygen atoms in total. The van der Waals surface area contributed by atoms with Crippen LogP contribution in [0.5, 0.6) is 5.75 Å². The summed E-state index contributed by atoms with van der Waals surface area (Å²) in [5, 5.41) is 12.4. The molecule has 2 aromatic rings. The van der Waals surface area contributed by atoms with Gasteiger partial charge < -0.3 is 10.4 Å². The van der Waals surface area contributed by atoms with E-state index in [2.05, 4.69) is 17.4 Å². The van der Waals surface area contributed by atoms with Gasteiger partial charge in [0.05, 0.1) is 5.56 Å². The number of aromatic hydroxyl groups is 1. The van der Waals surface area contributed by atoms with Gasteiger partial charge in [-0.15, -0.1) is 0 Å². The van der Waals surface area contributed by atoms with Crippen LogP contribution in [0.25, 0.3) is 0 Å². The normalized spacial score (nSPS) is 10.2. The lowest BCUT2D eigenvalue weighted by molar-refractivity contribution is 0.0950. The fraction of sp³-hybridized carbons (Fsp3) is 0.235. The van der Waals surface area contributed by atoms with Crippen LogP contribution in [0.4, 0.5) is 0 Å². The van der Waals surface area contributed by atoms with Crippen molar-refractivity contribution in [1.82, 2.24) is 5.32 Å². The maximum atomic E-state index is 11.8. The highest BCUT2D eigenvalue weighted by atomic mass is 16.3. The van der Waals surface area contributed by atoms with Gasteiger partial charge in [-0.05, 0) is 37.0 Å². The smallest absolute Gasteiger partial charge is 0.255 e. The number of phenols is 1. The number of benzene rings is 2. The molecule has 2 aromatic carbocycles. The van der Waals surface area contributed by atoms with Crippen LogP contribution < -0.4 is 5.32 Å². The lowest BCUT2D eigenvalue weighted by Gasteiger charge is -2.06. The van der Waals surface area contributed by atoms with Crippen molar-refractivity contribution in [1.29, 1.82) is 0 Å². The molecule has 0 aliphatic heterocycles. The zero-order valence-electron chi connectivity index (χ0n) is 11.4. The predicted molar refractivity (Wildman–Crippen MR) is 79.8 cm³/mol. The molecule has 20 heavy (non-hydrogen) atoms. The van der Waals surface area contributed by atoms with E-state index in [9.17, 15) is 9.90 Å². The van der Waals surface area contributed by atoms with E-state index in [4.69, 9.17) is 0 Å². The Bertz CT molecular complexity index is 552. The van der Waals surface area contributed by atoms with Crippen molar-refractivity contribution in [2.75, 3.05) is 6.54 Å². The second-order valence-corrected chi connectivity index (χ2v) is 4.72. The van der Waals surface area contributed by atoms with Crippen LogP contribution in [-0.4, -0.2) is 17.6 Å². The third kappa shape index (κ3) is 4.12. The van der Waals surface area contributed by atoms with E-state index in [-0.39, 0.29) is 11.7 Å². The van der Waals surface area contributed by atoms with Crippen LogP contribution in [0.2, 0.25) is 0 Å². The first kappa shape index (κ1) is 14.1. The number of nitrogens with one attached hydrogen (secondary N) is 1. The Morgan fingerprint density at radius 3 is 2.40 bits per heavy atom. The van der Waals surface area contributed by atoms with Crippen molar-refractivity contribution in [2.45, 2.75) is 19.3 Å². The van der Waals surface area contributed by atoms with Gasteiger partial charge in [0, 0.05) is 6.54 Å². The molecule has 0 atom stereocenters. The number of amides is 1. The van der Waals surface area contributed by atoms with Gasteiger partial charge in [-0.1, -0.05) is 42.5 Å². The average molecular weight is 269 g/mol. The third-order valence-electron chi connectivity index (χ3n) is 3.17. The van der Waals surface area contributed by atoms with Crippen molar-refractivity contribution >= 4 is 5.91 Å². The van der Waals surface area contributed by atoms with Gasteiger partial charge in [-0.3, -0.25) is 4.79 Å². The Balaban J connectivity index is 1.69. The van der Waals surface area contributed by atoms with Crippen LogP contribution in [0.15, 0.2) is 54.6 Å². The summed E-state index contributed by atoms with van der Waals surface area (Å²) in [4.78, 5) is 11.8. The van der Waals surface area contributed by atoms with E-state index in [1.54, 1.807) is 18.2 Å². The van der Waals surface area contributed by atoms with Gasteiger partial charge in [0.15, 0.2) is 0 Å². The highest BCUT2D eigenvalue weighted by Gasteiger charge is 2.08. The Morgan fingerprint density at radius 2 is 1.65 bits per heavy atom. The zero-order valence-corrected chi connectivity index (χ0v) is 11.4. The topological polar surface area (TPSA) is 49.3 Å². The molecule has 0 saturated heterocycles. The van der Waals surface area contributed by atoms with E-state index >= 15 is 0 Å². The molecule has 0 aliphatic rings. The van der Waals surface area contributed by atoms with Crippen LogP contribution in [0.1, 0.15) is 28.8 Å². The molecule has 0 saturated carbocycles. The summed E-state index contributed by atoms with van der Waals surface area (Å²) in [7, 11) is 0. The molecule has 0 bridgehead atoms. The molecule has 0 spiro atoms. The Kier molecular flexibility index (Phi) is 5.18. The second-order valence-electron chi connectivity index (χ2n) is 4.72. The quantitative estimate of drug-likeness (QED) is 0.791. The summed E-state index contributed by atoms with van der Waals surface area (Å²) < 4.78 is 0. The van der Waals surface area contributed by atoms with Crippen molar-refractivity contribution < 1.29 is 9.90 Å². The van der Waals surface area contributed by atoms with Crippen LogP contribution >= 0.6 is 0 Å². The molecule has 104 valence electrons. The first-order valence-corrected chi connectivity index (χ1v) is 6.87. The largest absolute Gasteiger partial charge is 0.507 e. The van der Waals surface area contributed by atoms with E-state index < -0.39 is 0 Å². The van der Waals surface area contributed by atoms with Crippen molar-refractivity contribution in [3.63, 3.8) is 0 Å². The molecular weight excluding hydrogens is 250 g/mol. The van der Waals surface area contributed by atoms with E-state index in [1.807, 2.05) is 18.2 Å². The fourth-order valence-corrected chi connectivity index (χ4v) is 2.06. The maximum absolute atomic E-state index is 11.8. The van der Waals surface area contributed by atoms with Gasteiger partial charge >= 0.3 is 0 Å². The number of aryl methyl sites for hydroxylation is 1. The fourth-order valence-electron chi connectivity index (χ4n) is 2.06. The minimum absolute atomic E-state index is 0.0225. The first-order chi connectivity index (χ1) is 9.77. The van der Waals surface area contributed by atoms with Gasteiger partial charge in [-0.25, -0.2) is 0 Å². The first-order valence-electron chi connectivity index (χ1n) is 6.87. The summed E-state index contributed by atoms with van der Waals surface area (Å²) >= 11 is 0. The van der Waals surface area contributed by atoms with Gasteiger partial charge in [-0.2, -0.15) is 0 Å². The van der Waals surface area contributed by atoms with Crippen LogP contribution in [-0.2, 0) is 6.42 Å². The Hall–Kier alpha value is -2.29. The number of hydrogen-bond acceptors (Lipinski definition) is 2. The number of para-hydroxylation sites is 1. The summed E-state index contributed by atoms with van der Waals surface area (Å²) in [5.41, 5.74) is 1.65. The van der Waals surface area contributed by atoms with Crippen molar-refractivity contribution in [3.8, 4) is 5.75 Å². The Morgan fingerprint density at radius 1 is 0.950 bits per heavy atom. The number of unbranched alkanes of at least 4 members (excludes halogenated alkanes) is 1. The highest BCUT2D eigenvalue weighted by Crippen LogP contribution is 2.15. The molecule has 0 unspecified atom stereocenters. The predicted octanol–water partition coefficient (Wildman–Crippen LogP) is 3.14. The van der Waals surface area contributed by atoms with Crippen molar-refractivity contribution in [3.05, 3.63) is 65.7 Å². The van der Waals surface area contributed by atoms with E-state index in [1.165, 1.54) is 11.6 Å². The molecule has 3 heteroatoms. The molecule has 2 rings (SSSR count). The third-order valence-corrected chi connectivity index (χ3v) is 3.17. The molecular formula is C17H19NO2. The Labute approximate surface area is 119 Å². The van der Waals surface area contributed by atoms with Crippen LogP contribution in [0.3, 0.4) is 0 Å². The summed E-state index contributed by atoms with van der Waals surface area (Å²) in [6.07, 6.45) is 2.98. The minimum Gasteiger partial charge on any atom is -0.507 e. The van der Waals surface area contributed by atoms with Crippen molar-refractivity contribution in [2.24, 2.45) is 0 Å². The molecule has 0 aliphatic carbocycles. The van der Waals surface area contributed by atoms with E-state index in [0.29, 0.717) is 12.1 Å². The standard InChI is InChI=1S/C17H19NO2/c19-16-12-5-4-11-15(16)17(20)18-13-7-6-10-14-8-2-1-3-9-14/h1-5,8-9,11-12,19H,6-7,10,13H2,(H,18,20). The second kappa shape index (κ2) is 7.34. The molecule has 0 radical (unpaired) electrons. The van der Waals surface area contributed by atoms with Gasteiger partial charge in [0.25, 0.3) is 5.91 Å². The minimum atomic E-state index is -0.220. The summed E-state index contributed by atoms with van der Waals surface area (Å²) in [6.45, 7) is 0.625. The molecule has 0 fully saturated rings. The average Bonchev–Trinajstić information content (AvgIpc) is 2.48. The molecule has 2 N–H and O–H groups in total. The lowest BCUT2D eigenvalue weighted by atomic mass is 10.1. The number of rotatable bonds is 6. The number of hydrogen-bond donors (Lipinski definition) is 2. The lowest BCUT2D eigenvalue weighted by Crippen LogP contribution is -2.24. The molecule has 0 aromatic heterocycles. The number of phenolic OH excluding ortho intramolecular Hbond substituents is 1. The summed E-state index contributed by atoms with van der Waals surface area (Å²) in [5.74, 6) is -0.197. The van der Waals surface area contributed by atoms with E-state index in [0.717, 1.165) is 19.3 Å². The van der Waals surface area contributed by atoms with Gasteiger partial charge in [0.2, 0.25) is 0 Å². The maximum Gasteiger partial charge on any atom is 0.255 e. The monoisotopic (exact) mass is 269 g/mol. The molecule has 0 heterocycles. The number of carbonyl (C=O) groups excluding carboxylic acids is 1. The zero-order chi connectivity index (χ0) is 14.2. The van der Waals surface area contributed by atoms with Gasteiger partial charge in [0.1, 0.15) is 5.75 Å². The SMILES string of the molecule is O=C(NCCCCc1ccccc1)c1ccccc1O. The highest BCUT2D eigenvalue weighted by molar-refractivity contribution is 5.96. The van der Waals surface area contributed by atoms with Crippen LogP contribution in [0, 0.1) is 0 Å². The number of carbonyl (C=O) groups is 1. The molecule has 1 amide bonds.